The number of hydrogen-bond donors (Lipinski definition) is 2. The largest absolute Gasteiger partial charge is 0.326 e. The van der Waals surface area contributed by atoms with Crippen LogP contribution >= 0.6 is 0 Å². The molecule has 0 aliphatic heterocycles. The number of nitrogens with zero attached hydrogens (tertiary/aromatic N) is 3. The minimum atomic E-state index is 0.649. The van der Waals surface area contributed by atoms with E-state index in [4.69, 9.17) is 5.84 Å². The zero-order chi connectivity index (χ0) is 15.2. The summed E-state index contributed by atoms with van der Waals surface area (Å²) in [6.07, 6.45) is 1.85. The monoisotopic (exact) mass is 285 g/mol. The van der Waals surface area contributed by atoms with Crippen molar-refractivity contribution in [1.29, 1.82) is 0 Å². The third-order valence-corrected chi connectivity index (χ3v) is 3.38. The van der Waals surface area contributed by atoms with Gasteiger partial charge in [0.25, 0.3) is 0 Å². The number of benzene rings is 1. The van der Waals surface area contributed by atoms with Crippen molar-refractivity contribution in [3.05, 3.63) is 41.7 Å². The van der Waals surface area contributed by atoms with Gasteiger partial charge in [0.05, 0.1) is 0 Å². The Morgan fingerprint density at radius 3 is 2.57 bits per heavy atom. The number of anilines is 3. The average molecular weight is 285 g/mol. The van der Waals surface area contributed by atoms with Crippen LogP contribution in [-0.4, -0.2) is 16.5 Å². The number of nitrogens with one attached hydrogen (secondary N) is 1. The second-order valence-corrected chi connectivity index (χ2v) is 4.95. The van der Waals surface area contributed by atoms with Gasteiger partial charge in [-0.05, 0) is 31.9 Å². The maximum Gasteiger partial charge on any atom is 0.145 e. The van der Waals surface area contributed by atoms with E-state index in [1.54, 1.807) is 0 Å². The Balaban J connectivity index is 2.46. The van der Waals surface area contributed by atoms with Gasteiger partial charge in [-0.15, -0.1) is 0 Å². The summed E-state index contributed by atoms with van der Waals surface area (Å²) in [6.45, 7) is 7.17. The minimum Gasteiger partial charge on any atom is -0.326 e. The highest BCUT2D eigenvalue weighted by Crippen LogP contribution is 2.27. The van der Waals surface area contributed by atoms with Gasteiger partial charge in [-0.2, -0.15) is 0 Å². The molecule has 1 heterocycles. The molecule has 1 aromatic carbocycles. The maximum absolute atomic E-state index is 5.54. The molecule has 0 atom stereocenters. The second kappa shape index (κ2) is 7.04. The lowest BCUT2D eigenvalue weighted by atomic mass is 10.2. The van der Waals surface area contributed by atoms with E-state index in [0.29, 0.717) is 5.82 Å². The fourth-order valence-corrected chi connectivity index (χ4v) is 2.35. The molecule has 0 spiro atoms. The number of nitrogen functional groups attached to an aromatic ring is 1. The molecule has 0 unspecified atom stereocenters. The van der Waals surface area contributed by atoms with Gasteiger partial charge in [-0.25, -0.2) is 15.8 Å². The third kappa shape index (κ3) is 3.49. The first-order valence-electron chi connectivity index (χ1n) is 7.37. The van der Waals surface area contributed by atoms with Gasteiger partial charge in [0, 0.05) is 24.7 Å². The van der Waals surface area contributed by atoms with E-state index in [1.807, 2.05) is 18.2 Å². The standard InChI is InChI=1S/C16H23N5/c1-4-8-14-18-15(20-17)11-16(19-14)21(5-2)13-10-7-6-9-12(13)3/h6-7,9-11H,4-5,8,17H2,1-3H3,(H,18,19,20). The second-order valence-electron chi connectivity index (χ2n) is 4.95. The molecule has 3 N–H and O–H groups in total. The molecule has 5 nitrogen and oxygen atoms in total. The van der Waals surface area contributed by atoms with Crippen molar-refractivity contribution in [3.63, 3.8) is 0 Å². The first-order valence-corrected chi connectivity index (χ1v) is 7.37. The van der Waals surface area contributed by atoms with Crippen LogP contribution in [0.5, 0.6) is 0 Å². The van der Waals surface area contributed by atoms with Gasteiger partial charge in [-0.1, -0.05) is 25.1 Å². The molecule has 21 heavy (non-hydrogen) atoms. The molecular weight excluding hydrogens is 262 g/mol. The highest BCUT2D eigenvalue weighted by Gasteiger charge is 2.13. The lowest BCUT2D eigenvalue weighted by molar-refractivity contribution is 0.825. The number of nitrogens with two attached hydrogens (primary N) is 1. The van der Waals surface area contributed by atoms with Gasteiger partial charge in [0.2, 0.25) is 0 Å². The number of hydrazine groups is 1. The lowest BCUT2D eigenvalue weighted by Gasteiger charge is -2.24. The first-order chi connectivity index (χ1) is 10.2. The van der Waals surface area contributed by atoms with E-state index in [1.165, 1.54) is 5.56 Å². The summed E-state index contributed by atoms with van der Waals surface area (Å²) in [5.41, 5.74) is 5.01. The smallest absolute Gasteiger partial charge is 0.145 e. The van der Waals surface area contributed by atoms with Crippen LogP contribution in [0.3, 0.4) is 0 Å². The number of aryl methyl sites for hydroxylation is 2. The van der Waals surface area contributed by atoms with Gasteiger partial charge >= 0.3 is 0 Å². The summed E-state index contributed by atoms with van der Waals surface area (Å²) >= 11 is 0. The molecule has 0 aliphatic rings. The van der Waals surface area contributed by atoms with E-state index in [0.717, 1.165) is 36.7 Å². The van der Waals surface area contributed by atoms with E-state index >= 15 is 0 Å². The first kappa shape index (κ1) is 15.3. The summed E-state index contributed by atoms with van der Waals surface area (Å²) < 4.78 is 0. The van der Waals surface area contributed by atoms with E-state index in [2.05, 4.69) is 53.2 Å². The molecular formula is C16H23N5. The van der Waals surface area contributed by atoms with Crippen LogP contribution in [-0.2, 0) is 6.42 Å². The van der Waals surface area contributed by atoms with Crippen molar-refractivity contribution in [2.75, 3.05) is 16.9 Å². The van der Waals surface area contributed by atoms with Crippen LogP contribution in [0.1, 0.15) is 31.7 Å². The molecule has 0 radical (unpaired) electrons. The molecule has 0 saturated heterocycles. The number of aromatic nitrogens is 2. The summed E-state index contributed by atoms with van der Waals surface area (Å²) in [5.74, 6) is 7.87. The van der Waals surface area contributed by atoms with Crippen molar-refractivity contribution in [2.45, 2.75) is 33.6 Å². The summed E-state index contributed by atoms with van der Waals surface area (Å²) in [6, 6.07) is 10.2. The van der Waals surface area contributed by atoms with Crippen molar-refractivity contribution >= 4 is 17.3 Å². The Bertz CT molecular complexity index is 597. The Morgan fingerprint density at radius 2 is 1.95 bits per heavy atom. The van der Waals surface area contributed by atoms with Crippen LogP contribution in [0, 0.1) is 6.92 Å². The van der Waals surface area contributed by atoms with Gasteiger partial charge in [-0.3, -0.25) is 0 Å². The highest BCUT2D eigenvalue weighted by atomic mass is 15.3. The Kier molecular flexibility index (Phi) is 5.11. The number of hydrogen-bond acceptors (Lipinski definition) is 5. The molecule has 0 saturated carbocycles. The van der Waals surface area contributed by atoms with Crippen molar-refractivity contribution < 1.29 is 0 Å². The summed E-state index contributed by atoms with van der Waals surface area (Å²) in [5, 5.41) is 0. The van der Waals surface area contributed by atoms with Crippen LogP contribution in [0.25, 0.3) is 0 Å². The number of rotatable bonds is 6. The average Bonchev–Trinajstić information content (AvgIpc) is 2.50. The molecule has 0 fully saturated rings. The van der Waals surface area contributed by atoms with Crippen LogP contribution < -0.4 is 16.2 Å². The van der Waals surface area contributed by atoms with Gasteiger partial charge in [0.1, 0.15) is 17.5 Å². The molecule has 0 amide bonds. The fraction of sp³-hybridized carbons (Fsp3) is 0.375. The molecule has 1 aromatic heterocycles. The predicted octanol–water partition coefficient (Wildman–Crippen LogP) is 3.18. The zero-order valence-corrected chi connectivity index (χ0v) is 12.9. The van der Waals surface area contributed by atoms with E-state index in [9.17, 15) is 0 Å². The highest BCUT2D eigenvalue weighted by molar-refractivity contribution is 5.65. The molecule has 2 aromatic rings. The molecule has 0 aliphatic carbocycles. The molecule has 112 valence electrons. The van der Waals surface area contributed by atoms with Crippen LogP contribution in [0.2, 0.25) is 0 Å². The minimum absolute atomic E-state index is 0.649. The summed E-state index contributed by atoms with van der Waals surface area (Å²) in [4.78, 5) is 11.3. The lowest BCUT2D eigenvalue weighted by Crippen LogP contribution is -2.20. The normalized spacial score (nSPS) is 10.5. The predicted molar refractivity (Wildman–Crippen MR) is 87.7 cm³/mol. The number of para-hydroxylation sites is 1. The van der Waals surface area contributed by atoms with Crippen LogP contribution in [0.15, 0.2) is 30.3 Å². The van der Waals surface area contributed by atoms with Gasteiger partial charge in [0.15, 0.2) is 0 Å². The quantitative estimate of drug-likeness (QED) is 0.630. The molecule has 2 rings (SSSR count). The Morgan fingerprint density at radius 1 is 1.19 bits per heavy atom. The Hall–Kier alpha value is -2.14. The van der Waals surface area contributed by atoms with Crippen LogP contribution in [0.4, 0.5) is 17.3 Å². The zero-order valence-electron chi connectivity index (χ0n) is 12.9. The third-order valence-electron chi connectivity index (χ3n) is 3.38. The fourth-order valence-electron chi connectivity index (χ4n) is 2.35. The van der Waals surface area contributed by atoms with E-state index in [-0.39, 0.29) is 0 Å². The maximum atomic E-state index is 5.54. The van der Waals surface area contributed by atoms with Crippen molar-refractivity contribution in [3.8, 4) is 0 Å². The van der Waals surface area contributed by atoms with E-state index < -0.39 is 0 Å². The van der Waals surface area contributed by atoms with Gasteiger partial charge < -0.3 is 10.3 Å². The van der Waals surface area contributed by atoms with Crippen molar-refractivity contribution in [2.24, 2.45) is 5.84 Å². The summed E-state index contributed by atoms with van der Waals surface area (Å²) in [7, 11) is 0. The molecule has 5 heteroatoms. The topological polar surface area (TPSA) is 67.1 Å². The molecule has 0 bridgehead atoms. The van der Waals surface area contributed by atoms with Crippen molar-refractivity contribution in [1.82, 2.24) is 9.97 Å². The SMILES string of the molecule is CCCc1nc(NN)cc(N(CC)c2ccccc2C)n1. The Labute approximate surface area is 126 Å².